The molecule has 1 unspecified atom stereocenters. The zero-order valence-corrected chi connectivity index (χ0v) is 13.2. The third-order valence-corrected chi connectivity index (χ3v) is 4.95. The molecular weight excluding hydrogens is 284 g/mol. The summed E-state index contributed by atoms with van der Waals surface area (Å²) < 4.78 is 14.1. The summed E-state index contributed by atoms with van der Waals surface area (Å²) in [5.41, 5.74) is 2.41. The predicted molar refractivity (Wildman–Crippen MR) is 82.2 cm³/mol. The highest BCUT2D eigenvalue weighted by molar-refractivity contribution is 7.83. The number of hydrogen-bond donors (Lipinski definition) is 0. The van der Waals surface area contributed by atoms with E-state index in [1.807, 2.05) is 4.68 Å². The van der Waals surface area contributed by atoms with E-state index in [1.54, 1.807) is 0 Å². The molecule has 0 bridgehead atoms. The molecule has 1 saturated carbocycles. The molecule has 3 rings (SSSR count). The lowest BCUT2D eigenvalue weighted by atomic mass is 10.0. The van der Waals surface area contributed by atoms with Crippen LogP contribution in [0.15, 0.2) is 24.3 Å². The maximum atomic E-state index is 12.3. The van der Waals surface area contributed by atoms with Gasteiger partial charge < -0.3 is 0 Å². The number of benzene rings is 1. The number of rotatable bonds is 6. The standard InChI is InChI=1S/C15H20N4OS/c1-11(2)13-5-3-12(4-6-13)9-21(20)10-15-16-17-18-19(15)14-7-8-14/h3-6,11,14H,7-10H2,1-2H3. The molecule has 1 fully saturated rings. The van der Waals surface area contributed by atoms with Crippen LogP contribution in [0, 0.1) is 0 Å². The van der Waals surface area contributed by atoms with Crippen molar-refractivity contribution in [3.05, 3.63) is 41.2 Å². The highest BCUT2D eigenvalue weighted by Gasteiger charge is 2.28. The fraction of sp³-hybridized carbons (Fsp3) is 0.533. The first-order chi connectivity index (χ1) is 10.1. The van der Waals surface area contributed by atoms with E-state index in [2.05, 4.69) is 53.6 Å². The van der Waals surface area contributed by atoms with Crippen LogP contribution < -0.4 is 0 Å². The molecule has 112 valence electrons. The second-order valence-electron chi connectivity index (χ2n) is 5.90. The Labute approximate surface area is 127 Å². The molecule has 5 nitrogen and oxygen atoms in total. The van der Waals surface area contributed by atoms with Crippen LogP contribution in [0.2, 0.25) is 0 Å². The Morgan fingerprint density at radius 1 is 1.24 bits per heavy atom. The van der Waals surface area contributed by atoms with Crippen molar-refractivity contribution in [2.24, 2.45) is 0 Å². The van der Waals surface area contributed by atoms with Gasteiger partial charge in [-0.3, -0.25) is 4.21 Å². The maximum Gasteiger partial charge on any atom is 0.164 e. The van der Waals surface area contributed by atoms with Gasteiger partial charge in [0.05, 0.1) is 11.8 Å². The van der Waals surface area contributed by atoms with Crippen molar-refractivity contribution in [1.29, 1.82) is 0 Å². The SMILES string of the molecule is CC(C)c1ccc(CS(=O)Cc2nnnn2C2CC2)cc1. The van der Waals surface area contributed by atoms with Crippen LogP contribution in [0.3, 0.4) is 0 Å². The lowest BCUT2D eigenvalue weighted by molar-refractivity contribution is 0.591. The highest BCUT2D eigenvalue weighted by Crippen LogP contribution is 2.34. The third-order valence-electron chi connectivity index (χ3n) is 3.72. The molecule has 0 amide bonds. The molecule has 1 heterocycles. The minimum Gasteiger partial charge on any atom is -0.259 e. The number of tetrazole rings is 1. The van der Waals surface area contributed by atoms with Gasteiger partial charge in [-0.2, -0.15) is 0 Å². The van der Waals surface area contributed by atoms with Crippen molar-refractivity contribution < 1.29 is 4.21 Å². The van der Waals surface area contributed by atoms with Crippen LogP contribution in [0.1, 0.15) is 55.6 Å². The minimum atomic E-state index is -0.980. The molecule has 1 aliphatic carbocycles. The Bertz CT molecular complexity index is 631. The summed E-state index contributed by atoms with van der Waals surface area (Å²) >= 11 is 0. The molecule has 0 N–H and O–H groups in total. The van der Waals surface area contributed by atoms with Gasteiger partial charge in [0.1, 0.15) is 0 Å². The summed E-state index contributed by atoms with van der Waals surface area (Å²) in [4.78, 5) is 0. The van der Waals surface area contributed by atoms with Gasteiger partial charge in [-0.05, 0) is 40.3 Å². The first-order valence-electron chi connectivity index (χ1n) is 7.34. The molecule has 1 aliphatic rings. The normalized spacial score (nSPS) is 16.3. The van der Waals surface area contributed by atoms with Crippen LogP contribution >= 0.6 is 0 Å². The van der Waals surface area contributed by atoms with E-state index < -0.39 is 10.8 Å². The Morgan fingerprint density at radius 2 is 1.95 bits per heavy atom. The molecule has 1 atom stereocenters. The van der Waals surface area contributed by atoms with E-state index in [9.17, 15) is 4.21 Å². The number of aromatic nitrogens is 4. The van der Waals surface area contributed by atoms with E-state index in [0.29, 0.717) is 23.5 Å². The molecule has 1 aromatic carbocycles. The van der Waals surface area contributed by atoms with Gasteiger partial charge in [0.25, 0.3) is 0 Å². The Morgan fingerprint density at radius 3 is 2.57 bits per heavy atom. The van der Waals surface area contributed by atoms with E-state index in [0.717, 1.165) is 24.2 Å². The predicted octanol–water partition coefficient (Wildman–Crippen LogP) is 2.58. The van der Waals surface area contributed by atoms with Gasteiger partial charge in [-0.1, -0.05) is 38.1 Å². The minimum absolute atomic E-state index is 0.426. The van der Waals surface area contributed by atoms with Gasteiger partial charge in [0.15, 0.2) is 5.82 Å². The smallest absolute Gasteiger partial charge is 0.164 e. The Hall–Kier alpha value is -1.56. The van der Waals surface area contributed by atoms with Crippen LogP contribution in [-0.4, -0.2) is 24.4 Å². The fourth-order valence-corrected chi connectivity index (χ4v) is 3.43. The van der Waals surface area contributed by atoms with Crippen molar-refractivity contribution in [2.75, 3.05) is 0 Å². The largest absolute Gasteiger partial charge is 0.259 e. The quantitative estimate of drug-likeness (QED) is 0.823. The number of hydrogen-bond acceptors (Lipinski definition) is 4. The Balaban J connectivity index is 1.62. The number of nitrogens with zero attached hydrogens (tertiary/aromatic N) is 4. The van der Waals surface area contributed by atoms with Crippen molar-refractivity contribution in [1.82, 2.24) is 20.2 Å². The van der Waals surface area contributed by atoms with E-state index in [4.69, 9.17) is 0 Å². The average molecular weight is 304 g/mol. The van der Waals surface area contributed by atoms with Gasteiger partial charge in [0.2, 0.25) is 0 Å². The third kappa shape index (κ3) is 3.56. The zero-order valence-electron chi connectivity index (χ0n) is 12.4. The van der Waals surface area contributed by atoms with Crippen molar-refractivity contribution >= 4 is 10.8 Å². The first-order valence-corrected chi connectivity index (χ1v) is 8.83. The molecule has 0 aliphatic heterocycles. The molecule has 2 aromatic rings. The molecule has 0 spiro atoms. The summed E-state index contributed by atoms with van der Waals surface area (Å²) in [6.45, 7) is 4.34. The van der Waals surface area contributed by atoms with Crippen LogP contribution in [0.25, 0.3) is 0 Å². The Kier molecular flexibility index (Phi) is 4.14. The van der Waals surface area contributed by atoms with Crippen LogP contribution in [0.5, 0.6) is 0 Å². The van der Waals surface area contributed by atoms with Gasteiger partial charge in [-0.15, -0.1) is 5.10 Å². The molecule has 6 heteroatoms. The lowest BCUT2D eigenvalue weighted by Crippen LogP contribution is -2.08. The summed E-state index contributed by atoms with van der Waals surface area (Å²) in [6, 6.07) is 8.79. The summed E-state index contributed by atoms with van der Waals surface area (Å²) in [7, 11) is -0.980. The lowest BCUT2D eigenvalue weighted by Gasteiger charge is -2.07. The van der Waals surface area contributed by atoms with Crippen molar-refractivity contribution in [3.8, 4) is 0 Å². The van der Waals surface area contributed by atoms with Crippen LogP contribution in [-0.2, 0) is 22.3 Å². The fourth-order valence-electron chi connectivity index (χ4n) is 2.29. The van der Waals surface area contributed by atoms with E-state index in [1.165, 1.54) is 5.56 Å². The van der Waals surface area contributed by atoms with Crippen molar-refractivity contribution in [2.45, 2.75) is 50.2 Å². The van der Waals surface area contributed by atoms with Crippen molar-refractivity contribution in [3.63, 3.8) is 0 Å². The first kappa shape index (κ1) is 14.4. The average Bonchev–Trinajstić information content (AvgIpc) is 3.20. The zero-order chi connectivity index (χ0) is 14.8. The van der Waals surface area contributed by atoms with E-state index in [-0.39, 0.29) is 0 Å². The molecule has 21 heavy (non-hydrogen) atoms. The highest BCUT2D eigenvalue weighted by atomic mass is 32.2. The second kappa shape index (κ2) is 6.05. The maximum absolute atomic E-state index is 12.3. The topological polar surface area (TPSA) is 60.7 Å². The molecule has 0 saturated heterocycles. The summed E-state index contributed by atoms with van der Waals surface area (Å²) in [6.07, 6.45) is 2.25. The van der Waals surface area contributed by atoms with Gasteiger partial charge in [0, 0.05) is 16.6 Å². The summed E-state index contributed by atoms with van der Waals surface area (Å²) in [5.74, 6) is 2.24. The van der Waals surface area contributed by atoms with Crippen LogP contribution in [0.4, 0.5) is 0 Å². The summed E-state index contributed by atoms with van der Waals surface area (Å²) in [5, 5.41) is 11.7. The second-order valence-corrected chi connectivity index (χ2v) is 7.35. The van der Waals surface area contributed by atoms with Gasteiger partial charge in [-0.25, -0.2) is 4.68 Å². The van der Waals surface area contributed by atoms with Gasteiger partial charge >= 0.3 is 0 Å². The van der Waals surface area contributed by atoms with E-state index >= 15 is 0 Å². The molecule has 0 radical (unpaired) electrons. The molecular formula is C15H20N4OS. The monoisotopic (exact) mass is 304 g/mol. The molecule has 1 aromatic heterocycles.